The number of alkyl halides is 1. The summed E-state index contributed by atoms with van der Waals surface area (Å²) in [5, 5.41) is 0. The van der Waals surface area contributed by atoms with Crippen LogP contribution < -0.4 is 4.90 Å². The van der Waals surface area contributed by atoms with Crippen molar-refractivity contribution in [1.29, 1.82) is 0 Å². The Kier molecular flexibility index (Phi) is 3.44. The molecule has 1 aromatic rings. The number of anilines is 1. The average Bonchev–Trinajstić information content (AvgIpc) is 2.85. The van der Waals surface area contributed by atoms with Gasteiger partial charge < -0.3 is 4.90 Å². The van der Waals surface area contributed by atoms with Crippen molar-refractivity contribution in [2.75, 3.05) is 31.1 Å². The number of nitrogens with zero attached hydrogens (tertiary/aromatic N) is 3. The zero-order valence-corrected chi connectivity index (χ0v) is 11.7. The van der Waals surface area contributed by atoms with E-state index < -0.39 is 0 Å². The minimum atomic E-state index is 0.549. The van der Waals surface area contributed by atoms with Gasteiger partial charge >= 0.3 is 0 Å². The molecule has 0 N–H and O–H groups in total. The van der Waals surface area contributed by atoms with Crippen LogP contribution in [0, 0.1) is 6.92 Å². The third-order valence-corrected chi connectivity index (χ3v) is 4.46. The molecule has 0 amide bonds. The standard InChI is InChI=1S/C14H20ClN3/c1-11-7-14(12(8-15)9-16-11)18-6-5-17-4-2-3-13(17)10-18/h7,9,13H,2-6,8,10H2,1H3. The van der Waals surface area contributed by atoms with Gasteiger partial charge in [0.15, 0.2) is 0 Å². The van der Waals surface area contributed by atoms with Crippen LogP contribution in [0.3, 0.4) is 0 Å². The van der Waals surface area contributed by atoms with Crippen molar-refractivity contribution in [3.8, 4) is 0 Å². The summed E-state index contributed by atoms with van der Waals surface area (Å²) in [6.45, 7) is 6.79. The highest BCUT2D eigenvalue weighted by Crippen LogP contribution is 2.28. The Morgan fingerprint density at radius 2 is 2.28 bits per heavy atom. The predicted molar refractivity (Wildman–Crippen MR) is 75.3 cm³/mol. The third kappa shape index (κ3) is 2.21. The van der Waals surface area contributed by atoms with E-state index in [-0.39, 0.29) is 0 Å². The van der Waals surface area contributed by atoms with Gasteiger partial charge in [0.1, 0.15) is 0 Å². The number of aryl methyl sites for hydroxylation is 1. The van der Waals surface area contributed by atoms with Crippen LogP contribution in [0.1, 0.15) is 24.1 Å². The molecular formula is C14H20ClN3. The van der Waals surface area contributed by atoms with Gasteiger partial charge in [-0.25, -0.2) is 0 Å². The van der Waals surface area contributed by atoms with E-state index in [0.717, 1.165) is 30.4 Å². The van der Waals surface area contributed by atoms with Gasteiger partial charge in [-0.05, 0) is 32.4 Å². The minimum absolute atomic E-state index is 0.549. The lowest BCUT2D eigenvalue weighted by Crippen LogP contribution is -2.50. The lowest BCUT2D eigenvalue weighted by atomic mass is 10.1. The monoisotopic (exact) mass is 265 g/mol. The number of fused-ring (bicyclic) bond motifs is 1. The second-order valence-electron chi connectivity index (χ2n) is 5.37. The highest BCUT2D eigenvalue weighted by molar-refractivity contribution is 6.17. The van der Waals surface area contributed by atoms with E-state index in [1.54, 1.807) is 0 Å². The van der Waals surface area contributed by atoms with Crippen LogP contribution in [0.15, 0.2) is 12.3 Å². The summed E-state index contributed by atoms with van der Waals surface area (Å²) in [5.41, 5.74) is 3.53. The minimum Gasteiger partial charge on any atom is -0.368 e. The van der Waals surface area contributed by atoms with Gasteiger partial charge in [-0.1, -0.05) is 0 Å². The number of pyridine rings is 1. The molecule has 98 valence electrons. The molecule has 4 heteroatoms. The molecule has 0 aliphatic carbocycles. The van der Waals surface area contributed by atoms with E-state index in [1.807, 2.05) is 13.1 Å². The maximum atomic E-state index is 6.04. The SMILES string of the molecule is Cc1cc(N2CCN3CCCC3C2)c(CCl)cn1. The number of aromatic nitrogens is 1. The summed E-state index contributed by atoms with van der Waals surface area (Å²) in [6.07, 6.45) is 4.63. The van der Waals surface area contributed by atoms with Gasteiger partial charge in [-0.15, -0.1) is 11.6 Å². The van der Waals surface area contributed by atoms with E-state index in [0.29, 0.717) is 5.88 Å². The first kappa shape index (κ1) is 12.2. The first-order valence-electron chi connectivity index (χ1n) is 6.78. The van der Waals surface area contributed by atoms with Crippen LogP contribution in [-0.2, 0) is 5.88 Å². The van der Waals surface area contributed by atoms with E-state index in [4.69, 9.17) is 11.6 Å². The number of piperazine rings is 1. The Bertz CT molecular complexity index is 435. The Morgan fingerprint density at radius 1 is 1.39 bits per heavy atom. The molecule has 0 saturated carbocycles. The summed E-state index contributed by atoms with van der Waals surface area (Å²) in [5.74, 6) is 0.549. The van der Waals surface area contributed by atoms with Crippen LogP contribution in [-0.4, -0.2) is 42.1 Å². The molecule has 2 fully saturated rings. The molecule has 2 aliphatic heterocycles. The highest BCUT2D eigenvalue weighted by Gasteiger charge is 2.31. The van der Waals surface area contributed by atoms with Gasteiger partial charge in [0, 0.05) is 48.8 Å². The molecule has 3 rings (SSSR count). The fourth-order valence-electron chi connectivity index (χ4n) is 3.18. The van der Waals surface area contributed by atoms with E-state index in [1.165, 1.54) is 31.6 Å². The number of hydrogen-bond acceptors (Lipinski definition) is 3. The van der Waals surface area contributed by atoms with Crippen LogP contribution in [0.25, 0.3) is 0 Å². The molecule has 1 atom stereocenters. The molecular weight excluding hydrogens is 246 g/mol. The summed E-state index contributed by atoms with van der Waals surface area (Å²) in [4.78, 5) is 9.48. The summed E-state index contributed by atoms with van der Waals surface area (Å²) < 4.78 is 0. The van der Waals surface area contributed by atoms with Gasteiger partial charge in [-0.3, -0.25) is 9.88 Å². The Morgan fingerprint density at radius 3 is 3.11 bits per heavy atom. The molecule has 0 spiro atoms. The Hall–Kier alpha value is -0.800. The third-order valence-electron chi connectivity index (χ3n) is 4.17. The van der Waals surface area contributed by atoms with E-state index >= 15 is 0 Å². The molecule has 0 aromatic carbocycles. The smallest absolute Gasteiger partial charge is 0.0509 e. The van der Waals surface area contributed by atoms with Crippen molar-refractivity contribution in [3.05, 3.63) is 23.5 Å². The maximum Gasteiger partial charge on any atom is 0.0509 e. The number of rotatable bonds is 2. The summed E-state index contributed by atoms with van der Waals surface area (Å²) in [6, 6.07) is 2.93. The zero-order chi connectivity index (χ0) is 12.5. The molecule has 0 bridgehead atoms. The lowest BCUT2D eigenvalue weighted by molar-refractivity contribution is 0.231. The first-order valence-corrected chi connectivity index (χ1v) is 7.32. The summed E-state index contributed by atoms with van der Waals surface area (Å²) in [7, 11) is 0. The van der Waals surface area contributed by atoms with Gasteiger partial charge in [0.25, 0.3) is 0 Å². The quantitative estimate of drug-likeness (QED) is 0.766. The second-order valence-corrected chi connectivity index (χ2v) is 5.63. The molecule has 2 saturated heterocycles. The van der Waals surface area contributed by atoms with Crippen molar-refractivity contribution in [1.82, 2.24) is 9.88 Å². The van der Waals surface area contributed by atoms with Gasteiger partial charge in [0.05, 0.1) is 5.88 Å². The number of halogens is 1. The van der Waals surface area contributed by atoms with E-state index in [2.05, 4.69) is 20.9 Å². The fraction of sp³-hybridized carbons (Fsp3) is 0.643. The molecule has 1 aromatic heterocycles. The Balaban J connectivity index is 1.84. The normalized spacial score (nSPS) is 24.3. The van der Waals surface area contributed by atoms with Crippen molar-refractivity contribution >= 4 is 17.3 Å². The first-order chi connectivity index (χ1) is 8.78. The van der Waals surface area contributed by atoms with Gasteiger partial charge in [0.2, 0.25) is 0 Å². The van der Waals surface area contributed by atoms with Crippen molar-refractivity contribution in [2.45, 2.75) is 31.7 Å². The summed E-state index contributed by atoms with van der Waals surface area (Å²) >= 11 is 6.04. The van der Waals surface area contributed by atoms with Crippen LogP contribution in [0.5, 0.6) is 0 Å². The van der Waals surface area contributed by atoms with Crippen molar-refractivity contribution in [2.24, 2.45) is 0 Å². The molecule has 2 aliphatic rings. The second kappa shape index (κ2) is 5.06. The van der Waals surface area contributed by atoms with Crippen molar-refractivity contribution < 1.29 is 0 Å². The van der Waals surface area contributed by atoms with Crippen molar-refractivity contribution in [3.63, 3.8) is 0 Å². The molecule has 3 heterocycles. The molecule has 0 radical (unpaired) electrons. The van der Waals surface area contributed by atoms with E-state index in [9.17, 15) is 0 Å². The largest absolute Gasteiger partial charge is 0.368 e. The lowest BCUT2D eigenvalue weighted by Gasteiger charge is -2.39. The molecule has 1 unspecified atom stereocenters. The maximum absolute atomic E-state index is 6.04. The van der Waals surface area contributed by atoms with Crippen LogP contribution >= 0.6 is 11.6 Å². The van der Waals surface area contributed by atoms with Crippen LogP contribution in [0.2, 0.25) is 0 Å². The van der Waals surface area contributed by atoms with Crippen LogP contribution in [0.4, 0.5) is 5.69 Å². The van der Waals surface area contributed by atoms with Gasteiger partial charge in [-0.2, -0.15) is 0 Å². The predicted octanol–water partition coefficient (Wildman–Crippen LogP) is 2.41. The molecule has 18 heavy (non-hydrogen) atoms. The zero-order valence-electron chi connectivity index (χ0n) is 10.9. The Labute approximate surface area is 114 Å². The number of hydrogen-bond donors (Lipinski definition) is 0. The molecule has 3 nitrogen and oxygen atoms in total. The average molecular weight is 266 g/mol. The fourth-order valence-corrected chi connectivity index (χ4v) is 3.39. The topological polar surface area (TPSA) is 19.4 Å². The highest BCUT2D eigenvalue weighted by atomic mass is 35.5.